The van der Waals surface area contributed by atoms with Gasteiger partial charge in [-0.2, -0.15) is 8.78 Å². The van der Waals surface area contributed by atoms with Gasteiger partial charge in [0.2, 0.25) is 52.2 Å². The summed E-state index contributed by atoms with van der Waals surface area (Å²) in [7, 11) is 7.64. The zero-order valence-electron chi connectivity index (χ0n) is 50.9. The number of ether oxygens (including phenoxy) is 9. The van der Waals surface area contributed by atoms with E-state index in [0.29, 0.717) is 92.6 Å². The van der Waals surface area contributed by atoms with Gasteiger partial charge in [0.25, 0.3) is 16.6 Å². The van der Waals surface area contributed by atoms with Gasteiger partial charge in [-0.1, -0.05) is 65.8 Å². The van der Waals surface area contributed by atoms with Crippen molar-refractivity contribution in [3.05, 3.63) is 123 Å². The van der Waals surface area contributed by atoms with E-state index < -0.39 is 75.2 Å². The number of benzene rings is 5. The third kappa shape index (κ3) is 13.2. The summed E-state index contributed by atoms with van der Waals surface area (Å²) in [6, 6.07) is 14.6. The van der Waals surface area contributed by atoms with E-state index in [0.717, 1.165) is 22.3 Å². The minimum Gasteiger partial charge on any atom is -0.541 e. The number of nitrogens with one attached hydrogen (secondary N) is 1. The SMILES string of the molecule is COc1ccc(C2=C[C@H](C(=O)NO)CCc3c2cc(OC)c(OC)c3OC)cc1O[Si](C)(C)C(C)(C)C.COc1ccc(C2=C[C@H](C(=O)Oc3c(F)c(F)c(F)c(F)c3F)CCc3c2cc(OC)c(OC)c3OC)cc1O[Si](C)(C)C(C)(C)C. The monoisotopic (exact) mass is 1210 g/mol. The molecular weight excluding hydrogens is 1130 g/mol. The highest BCUT2D eigenvalue weighted by Crippen LogP contribution is 2.51. The first-order valence-corrected chi connectivity index (χ1v) is 32.7. The zero-order chi connectivity index (χ0) is 62.6. The number of hydroxylamine groups is 1. The van der Waals surface area contributed by atoms with Gasteiger partial charge in [0.05, 0.1) is 68.7 Å². The highest BCUT2D eigenvalue weighted by atomic mass is 28.4. The van der Waals surface area contributed by atoms with Crippen molar-refractivity contribution >= 4 is 39.7 Å². The van der Waals surface area contributed by atoms with Crippen molar-refractivity contribution in [2.24, 2.45) is 11.8 Å². The van der Waals surface area contributed by atoms with Gasteiger partial charge in [-0.25, -0.2) is 18.7 Å². The molecule has 2 N–H and O–H groups in total. The minimum atomic E-state index is -2.38. The average molecular weight is 1210 g/mol. The zero-order valence-corrected chi connectivity index (χ0v) is 52.9. The largest absolute Gasteiger partial charge is 0.541 e. The maximum absolute atomic E-state index is 14.5. The second kappa shape index (κ2) is 26.2. The normalized spacial score (nSPS) is 15.2. The summed E-state index contributed by atoms with van der Waals surface area (Å²) in [6.07, 6.45) is 4.57. The number of rotatable bonds is 17. The van der Waals surface area contributed by atoms with Crippen molar-refractivity contribution in [2.45, 2.75) is 103 Å². The first kappa shape index (κ1) is 65.7. The molecule has 0 spiro atoms. The van der Waals surface area contributed by atoms with E-state index in [2.05, 4.69) is 67.7 Å². The van der Waals surface area contributed by atoms with E-state index in [1.807, 2.05) is 35.8 Å². The van der Waals surface area contributed by atoms with Crippen LogP contribution in [0.2, 0.25) is 36.3 Å². The Morgan fingerprint density at radius 2 is 0.833 bits per heavy atom. The number of hydrogen-bond donors (Lipinski definition) is 2. The van der Waals surface area contributed by atoms with Gasteiger partial charge in [0.15, 0.2) is 34.5 Å². The van der Waals surface area contributed by atoms with Crippen LogP contribution in [0.1, 0.15) is 87.8 Å². The summed E-state index contributed by atoms with van der Waals surface area (Å²) < 4.78 is 134. The molecule has 0 aliphatic heterocycles. The molecule has 2 atom stereocenters. The number of hydrogen-bond acceptors (Lipinski definition) is 14. The lowest BCUT2D eigenvalue weighted by molar-refractivity contribution is -0.138. The molecule has 22 heteroatoms. The molecule has 7 rings (SSSR count). The minimum absolute atomic E-state index is 0.0101. The lowest BCUT2D eigenvalue weighted by Crippen LogP contribution is -2.43. The van der Waals surface area contributed by atoms with Crippen LogP contribution in [0.4, 0.5) is 22.0 Å². The van der Waals surface area contributed by atoms with Crippen LogP contribution < -0.4 is 57.0 Å². The lowest BCUT2D eigenvalue weighted by Gasteiger charge is -2.37. The fraction of sp³-hybridized carbons (Fsp3) is 0.419. The molecule has 84 heavy (non-hydrogen) atoms. The highest BCUT2D eigenvalue weighted by molar-refractivity contribution is 6.75. The van der Waals surface area contributed by atoms with E-state index in [1.165, 1.54) is 34.5 Å². The molecule has 0 saturated heterocycles. The van der Waals surface area contributed by atoms with Crippen LogP contribution in [0, 0.1) is 40.9 Å². The number of carbonyl (C=O) groups excluding carboxylic acids is 2. The van der Waals surface area contributed by atoms with Crippen molar-refractivity contribution in [1.82, 2.24) is 5.48 Å². The summed E-state index contributed by atoms with van der Waals surface area (Å²) in [5.74, 6) is -11.8. The molecule has 0 aromatic heterocycles. The molecule has 456 valence electrons. The van der Waals surface area contributed by atoms with Gasteiger partial charge in [0, 0.05) is 11.1 Å². The van der Waals surface area contributed by atoms with Gasteiger partial charge >= 0.3 is 5.97 Å². The highest BCUT2D eigenvalue weighted by Gasteiger charge is 2.42. The summed E-state index contributed by atoms with van der Waals surface area (Å²) in [6.45, 7) is 21.3. The van der Waals surface area contributed by atoms with Crippen LogP contribution in [0.5, 0.6) is 63.2 Å². The Morgan fingerprint density at radius 1 is 0.476 bits per heavy atom. The number of amides is 1. The van der Waals surface area contributed by atoms with Crippen molar-refractivity contribution in [1.29, 1.82) is 0 Å². The molecule has 0 saturated carbocycles. The van der Waals surface area contributed by atoms with Crippen molar-refractivity contribution in [3.63, 3.8) is 0 Å². The van der Waals surface area contributed by atoms with E-state index in [9.17, 15) is 36.7 Å². The quantitative estimate of drug-likeness (QED) is 0.0132. The van der Waals surface area contributed by atoms with Gasteiger partial charge in [-0.3, -0.25) is 14.8 Å². The van der Waals surface area contributed by atoms with Crippen molar-refractivity contribution in [3.8, 4) is 63.2 Å². The second-order valence-electron chi connectivity index (χ2n) is 23.0. The van der Waals surface area contributed by atoms with Gasteiger partial charge < -0.3 is 51.5 Å². The standard InChI is InChI=1S/C34H37F5O7Si.C28H39NO7Si/c1-34(2,3)47(8,9)46-23-15-17(11-13-22(23)41-4)20-14-18(33(40)45-32-28(38)26(36)25(35)27(37)29(32)39)10-12-19-21(20)16-24(42-5)31(44-7)30(19)43-6;1-28(2,3)37(8,9)36-23-15-17(11-13-22(23)32-4)20-14-18(27(30)29-31)10-12-19-21(20)16-24(33-5)26(35-7)25(19)34-6/h11,13-16,18H,10,12H2,1-9H3;11,13-16,18,31H,10,12H2,1-9H3,(H,29,30)/t2*18-/m11/s1. The third-order valence-electron chi connectivity index (χ3n) is 16.0. The summed E-state index contributed by atoms with van der Waals surface area (Å²) in [5.41, 5.74) is 7.40. The van der Waals surface area contributed by atoms with Crippen molar-refractivity contribution < 1.29 is 88.2 Å². The maximum Gasteiger partial charge on any atom is 0.318 e. The summed E-state index contributed by atoms with van der Waals surface area (Å²) in [4.78, 5) is 26.1. The predicted molar refractivity (Wildman–Crippen MR) is 313 cm³/mol. The Labute approximate surface area is 490 Å². The lowest BCUT2D eigenvalue weighted by atomic mass is 9.92. The summed E-state index contributed by atoms with van der Waals surface area (Å²) >= 11 is 0. The molecule has 5 aromatic rings. The molecule has 5 aromatic carbocycles. The van der Waals surface area contributed by atoms with Crippen LogP contribution in [-0.2, 0) is 22.4 Å². The van der Waals surface area contributed by atoms with Gasteiger partial charge in [-0.15, -0.1) is 0 Å². The molecule has 2 aliphatic carbocycles. The topological polar surface area (TPSA) is 168 Å². The predicted octanol–water partition coefficient (Wildman–Crippen LogP) is 14.0. The average Bonchev–Trinajstić information content (AvgIpc) is 1.91. The fourth-order valence-corrected chi connectivity index (χ4v) is 11.3. The van der Waals surface area contributed by atoms with Crippen molar-refractivity contribution in [2.75, 3.05) is 56.9 Å². The molecular formula is C62H76F5NO14Si2. The number of carbonyl (C=O) groups is 2. The Balaban J connectivity index is 0.000000277. The number of fused-ring (bicyclic) bond motifs is 2. The van der Waals surface area contributed by atoms with Crippen LogP contribution in [0.3, 0.4) is 0 Å². The Kier molecular flexibility index (Phi) is 20.5. The molecule has 0 fully saturated rings. The molecule has 0 unspecified atom stereocenters. The number of esters is 1. The maximum atomic E-state index is 14.5. The van der Waals surface area contributed by atoms with E-state index in [1.54, 1.807) is 52.7 Å². The molecule has 0 heterocycles. The fourth-order valence-electron chi connectivity index (χ4n) is 9.29. The molecule has 0 bridgehead atoms. The van der Waals surface area contributed by atoms with Crippen LogP contribution in [0.15, 0.2) is 60.7 Å². The molecule has 2 aliphatic rings. The number of methoxy groups -OCH3 is 8. The first-order chi connectivity index (χ1) is 39.4. The van der Waals surface area contributed by atoms with E-state index in [4.69, 9.17) is 51.5 Å². The molecule has 0 radical (unpaired) electrons. The van der Waals surface area contributed by atoms with E-state index >= 15 is 0 Å². The Hall–Kier alpha value is -7.44. The van der Waals surface area contributed by atoms with Crippen LogP contribution in [0.25, 0.3) is 11.1 Å². The van der Waals surface area contributed by atoms with Gasteiger partial charge in [0.1, 0.15) is 11.5 Å². The first-order valence-electron chi connectivity index (χ1n) is 26.9. The third-order valence-corrected chi connectivity index (χ3v) is 24.7. The smallest absolute Gasteiger partial charge is 0.318 e. The van der Waals surface area contributed by atoms with Crippen LogP contribution in [-0.4, -0.2) is 90.6 Å². The molecule has 15 nitrogen and oxygen atoms in total. The number of halogens is 5. The Bertz CT molecular complexity index is 3320. The summed E-state index contributed by atoms with van der Waals surface area (Å²) in [5, 5.41) is 9.24. The second-order valence-corrected chi connectivity index (χ2v) is 32.5. The molecule has 1 amide bonds. The van der Waals surface area contributed by atoms with Gasteiger partial charge in [-0.05, 0) is 132 Å². The Morgan fingerprint density at radius 3 is 1.18 bits per heavy atom. The van der Waals surface area contributed by atoms with Crippen LogP contribution >= 0.6 is 0 Å². The van der Waals surface area contributed by atoms with E-state index in [-0.39, 0.29) is 22.9 Å².